The number of H-pyrrole nitrogens is 1. The summed E-state index contributed by atoms with van der Waals surface area (Å²) in [7, 11) is 0. The number of aromatic nitrogens is 2. The van der Waals surface area contributed by atoms with Crippen LogP contribution in [-0.4, -0.2) is 15.1 Å². The average molecular weight is 232 g/mol. The van der Waals surface area contributed by atoms with Crippen molar-refractivity contribution in [3.8, 4) is 5.75 Å². The molecular formula is C13H16N2O2. The molecule has 2 N–H and O–H groups in total. The first-order valence-corrected chi connectivity index (χ1v) is 5.92. The van der Waals surface area contributed by atoms with Crippen LogP contribution < -0.4 is 5.56 Å². The highest BCUT2D eigenvalue weighted by atomic mass is 16.3. The van der Waals surface area contributed by atoms with Gasteiger partial charge in [0.25, 0.3) is 5.56 Å². The minimum Gasteiger partial charge on any atom is -0.508 e. The van der Waals surface area contributed by atoms with E-state index in [9.17, 15) is 9.90 Å². The van der Waals surface area contributed by atoms with Gasteiger partial charge in [0.15, 0.2) is 0 Å². The molecule has 0 aliphatic heterocycles. The molecule has 4 nitrogen and oxygen atoms in total. The molecule has 4 heteroatoms. The summed E-state index contributed by atoms with van der Waals surface area (Å²) in [4.78, 5) is 18.8. The first-order chi connectivity index (χ1) is 8.20. The van der Waals surface area contributed by atoms with E-state index in [1.165, 1.54) is 6.07 Å². The fourth-order valence-corrected chi connectivity index (χ4v) is 1.82. The number of aryl methyl sites for hydroxylation is 1. The summed E-state index contributed by atoms with van der Waals surface area (Å²) in [6, 6.07) is 4.80. The van der Waals surface area contributed by atoms with Gasteiger partial charge in [0, 0.05) is 6.07 Å². The van der Waals surface area contributed by atoms with Crippen LogP contribution in [0.3, 0.4) is 0 Å². The number of benzene rings is 1. The number of nitrogens with zero attached hydrogens (tertiary/aromatic N) is 1. The molecule has 0 fully saturated rings. The van der Waals surface area contributed by atoms with Crippen LogP contribution in [0.15, 0.2) is 23.0 Å². The van der Waals surface area contributed by atoms with Crippen molar-refractivity contribution in [1.29, 1.82) is 0 Å². The van der Waals surface area contributed by atoms with E-state index in [-0.39, 0.29) is 11.3 Å². The second-order valence-corrected chi connectivity index (χ2v) is 4.17. The summed E-state index contributed by atoms with van der Waals surface area (Å²) in [5.41, 5.74) is 1.72. The first kappa shape index (κ1) is 11.6. The van der Waals surface area contributed by atoms with Gasteiger partial charge in [0.05, 0.1) is 11.0 Å². The van der Waals surface area contributed by atoms with Gasteiger partial charge in [-0.2, -0.15) is 0 Å². The Morgan fingerprint density at radius 1 is 1.35 bits per heavy atom. The number of unbranched alkanes of at least 4 members (excludes halogenated alkanes) is 2. The number of rotatable bonds is 4. The summed E-state index contributed by atoms with van der Waals surface area (Å²) >= 11 is 0. The van der Waals surface area contributed by atoms with Crippen molar-refractivity contribution in [2.24, 2.45) is 0 Å². The van der Waals surface area contributed by atoms with E-state index in [1.54, 1.807) is 12.1 Å². The van der Waals surface area contributed by atoms with Gasteiger partial charge in [0.2, 0.25) is 0 Å². The van der Waals surface area contributed by atoms with Crippen molar-refractivity contribution in [1.82, 2.24) is 9.97 Å². The van der Waals surface area contributed by atoms with E-state index in [4.69, 9.17) is 0 Å². The number of aromatic amines is 1. The first-order valence-electron chi connectivity index (χ1n) is 5.92. The summed E-state index contributed by atoms with van der Waals surface area (Å²) < 4.78 is 0. The molecule has 0 saturated heterocycles. The van der Waals surface area contributed by atoms with Crippen molar-refractivity contribution in [3.63, 3.8) is 0 Å². The van der Waals surface area contributed by atoms with Crippen molar-refractivity contribution in [3.05, 3.63) is 34.2 Å². The molecule has 90 valence electrons. The van der Waals surface area contributed by atoms with Crippen molar-refractivity contribution >= 4 is 11.0 Å². The third kappa shape index (κ3) is 2.64. The van der Waals surface area contributed by atoms with E-state index in [2.05, 4.69) is 16.9 Å². The van der Waals surface area contributed by atoms with Crippen molar-refractivity contribution < 1.29 is 5.11 Å². The van der Waals surface area contributed by atoms with Crippen LogP contribution in [-0.2, 0) is 6.42 Å². The van der Waals surface area contributed by atoms with Gasteiger partial charge in [-0.25, -0.2) is 4.98 Å². The number of hydrogen-bond donors (Lipinski definition) is 2. The second-order valence-electron chi connectivity index (χ2n) is 4.17. The Morgan fingerprint density at radius 2 is 2.18 bits per heavy atom. The van der Waals surface area contributed by atoms with Gasteiger partial charge < -0.3 is 10.1 Å². The molecule has 0 radical (unpaired) electrons. The monoisotopic (exact) mass is 232 g/mol. The largest absolute Gasteiger partial charge is 0.508 e. The molecule has 0 spiro atoms. The van der Waals surface area contributed by atoms with Crippen LogP contribution in [0.1, 0.15) is 31.9 Å². The SMILES string of the molecule is CCCCCc1nc2ccc(O)cc2[nH]c1=O. The standard InChI is InChI=1S/C13H16N2O2/c1-2-3-4-5-11-13(17)15-12-8-9(16)6-7-10(12)14-11/h6-8,16H,2-5H2,1H3,(H,15,17). The Bertz CT molecular complexity index is 575. The zero-order chi connectivity index (χ0) is 12.3. The highest BCUT2D eigenvalue weighted by Crippen LogP contribution is 2.15. The lowest BCUT2D eigenvalue weighted by Crippen LogP contribution is -2.15. The topological polar surface area (TPSA) is 66.0 Å². The fourth-order valence-electron chi connectivity index (χ4n) is 1.82. The third-order valence-corrected chi connectivity index (χ3v) is 2.76. The molecular weight excluding hydrogens is 216 g/mol. The minimum absolute atomic E-state index is 0.133. The van der Waals surface area contributed by atoms with Gasteiger partial charge in [-0.15, -0.1) is 0 Å². The smallest absolute Gasteiger partial charge is 0.270 e. The zero-order valence-electron chi connectivity index (χ0n) is 9.86. The maximum atomic E-state index is 11.7. The normalized spacial score (nSPS) is 10.9. The molecule has 1 heterocycles. The number of fused-ring (bicyclic) bond motifs is 1. The number of hydrogen-bond acceptors (Lipinski definition) is 3. The summed E-state index contributed by atoms with van der Waals surface area (Å²) in [6.45, 7) is 2.13. The van der Waals surface area contributed by atoms with Crippen molar-refractivity contribution in [2.75, 3.05) is 0 Å². The molecule has 0 unspecified atom stereocenters. The van der Waals surface area contributed by atoms with Crippen molar-refractivity contribution in [2.45, 2.75) is 32.6 Å². The molecule has 1 aromatic heterocycles. The van der Waals surface area contributed by atoms with Gasteiger partial charge in [-0.3, -0.25) is 4.79 Å². The highest BCUT2D eigenvalue weighted by molar-refractivity contribution is 5.75. The molecule has 2 rings (SSSR count). The van der Waals surface area contributed by atoms with E-state index >= 15 is 0 Å². The maximum absolute atomic E-state index is 11.7. The zero-order valence-corrected chi connectivity index (χ0v) is 9.86. The highest BCUT2D eigenvalue weighted by Gasteiger charge is 2.04. The third-order valence-electron chi connectivity index (χ3n) is 2.76. The van der Waals surface area contributed by atoms with E-state index in [0.717, 1.165) is 19.3 Å². The van der Waals surface area contributed by atoms with Crippen LogP contribution in [0.4, 0.5) is 0 Å². The number of nitrogens with one attached hydrogen (secondary N) is 1. The lowest BCUT2D eigenvalue weighted by molar-refractivity contribution is 0.476. The van der Waals surface area contributed by atoms with E-state index in [1.807, 2.05) is 0 Å². The van der Waals surface area contributed by atoms with E-state index in [0.29, 0.717) is 23.1 Å². The summed E-state index contributed by atoms with van der Waals surface area (Å²) in [5, 5.41) is 9.31. The Labute approximate surface area is 99.3 Å². The molecule has 0 aliphatic rings. The Kier molecular flexibility index (Phi) is 3.42. The Balaban J connectivity index is 2.35. The van der Waals surface area contributed by atoms with Gasteiger partial charge in [-0.1, -0.05) is 19.8 Å². The maximum Gasteiger partial charge on any atom is 0.270 e. The fraction of sp³-hybridized carbons (Fsp3) is 0.385. The predicted octanol–water partition coefficient (Wildman–Crippen LogP) is 2.36. The molecule has 2 aromatic rings. The molecule has 0 saturated carbocycles. The van der Waals surface area contributed by atoms with Crippen LogP contribution in [0, 0.1) is 0 Å². The lowest BCUT2D eigenvalue weighted by Gasteiger charge is -2.02. The number of phenols is 1. The molecule has 0 aliphatic carbocycles. The second kappa shape index (κ2) is 4.99. The molecule has 1 aromatic carbocycles. The van der Waals surface area contributed by atoms with Crippen LogP contribution in [0.2, 0.25) is 0 Å². The quantitative estimate of drug-likeness (QED) is 0.795. The summed E-state index contributed by atoms with van der Waals surface area (Å²) in [6.07, 6.45) is 3.92. The molecule has 0 atom stereocenters. The Morgan fingerprint density at radius 3 is 2.94 bits per heavy atom. The molecule has 0 bridgehead atoms. The van der Waals surface area contributed by atoms with E-state index < -0.39 is 0 Å². The predicted molar refractivity (Wildman–Crippen MR) is 67.3 cm³/mol. The molecule has 17 heavy (non-hydrogen) atoms. The van der Waals surface area contributed by atoms with Crippen LogP contribution >= 0.6 is 0 Å². The molecule has 0 amide bonds. The van der Waals surface area contributed by atoms with Gasteiger partial charge in [0.1, 0.15) is 11.4 Å². The average Bonchev–Trinajstić information content (AvgIpc) is 2.30. The summed E-state index contributed by atoms with van der Waals surface area (Å²) in [5.74, 6) is 0.133. The van der Waals surface area contributed by atoms with Crippen LogP contribution in [0.5, 0.6) is 5.75 Å². The van der Waals surface area contributed by atoms with Gasteiger partial charge in [-0.05, 0) is 25.0 Å². The number of phenolic OH excluding ortho intramolecular Hbond substituents is 1. The van der Waals surface area contributed by atoms with Crippen LogP contribution in [0.25, 0.3) is 11.0 Å². The van der Waals surface area contributed by atoms with Gasteiger partial charge >= 0.3 is 0 Å². The minimum atomic E-state index is -0.154. The Hall–Kier alpha value is -1.84. The number of aromatic hydroxyl groups is 1. The lowest BCUT2D eigenvalue weighted by atomic mass is 10.1.